The molecule has 0 bridgehead atoms. The number of fused-ring (bicyclic) bond motifs is 1. The molecule has 1 heterocycles. The van der Waals surface area contributed by atoms with Gasteiger partial charge in [0.25, 0.3) is 0 Å². The van der Waals surface area contributed by atoms with Gasteiger partial charge in [0.2, 0.25) is 12.7 Å². The lowest BCUT2D eigenvalue weighted by Gasteiger charge is -2.21. The summed E-state index contributed by atoms with van der Waals surface area (Å²) in [6.07, 6.45) is 0. The summed E-state index contributed by atoms with van der Waals surface area (Å²) in [5.41, 5.74) is 1.75. The molecule has 0 aromatic heterocycles. The van der Waals surface area contributed by atoms with Gasteiger partial charge in [0.15, 0.2) is 11.5 Å². The Kier molecular flexibility index (Phi) is 4.69. The Bertz CT molecular complexity index is 728. The van der Waals surface area contributed by atoms with Crippen LogP contribution >= 0.6 is 0 Å². The number of nitrogens with one attached hydrogen (secondary N) is 1. The van der Waals surface area contributed by atoms with Crippen molar-refractivity contribution in [2.24, 2.45) is 5.92 Å². The first-order valence-electron chi connectivity index (χ1n) is 7.96. The third kappa shape index (κ3) is 3.50. The van der Waals surface area contributed by atoms with E-state index in [4.69, 9.17) is 9.47 Å². The zero-order valence-corrected chi connectivity index (χ0v) is 13.7. The van der Waals surface area contributed by atoms with Gasteiger partial charge < -0.3 is 14.8 Å². The molecule has 1 aliphatic rings. The number of hydrogen-bond acceptors (Lipinski definition) is 3. The summed E-state index contributed by atoms with van der Waals surface area (Å²) in [6.45, 7) is 4.59. The summed E-state index contributed by atoms with van der Waals surface area (Å²) >= 11 is 0. The molecule has 4 nitrogen and oxygen atoms in total. The lowest BCUT2D eigenvalue weighted by Crippen LogP contribution is -2.31. The molecular weight excluding hydrogens is 309 g/mol. The molecule has 0 spiro atoms. The molecule has 1 aliphatic heterocycles. The topological polar surface area (TPSA) is 47.6 Å². The van der Waals surface area contributed by atoms with Crippen molar-refractivity contribution in [1.29, 1.82) is 0 Å². The van der Waals surface area contributed by atoms with E-state index in [1.54, 1.807) is 12.1 Å². The molecule has 0 saturated carbocycles. The molecule has 126 valence electrons. The maximum atomic E-state index is 13.1. The highest BCUT2D eigenvalue weighted by molar-refractivity contribution is 5.83. The number of rotatable bonds is 5. The summed E-state index contributed by atoms with van der Waals surface area (Å²) in [5, 5.41) is 2.96. The summed E-state index contributed by atoms with van der Waals surface area (Å²) < 4.78 is 23.7. The highest BCUT2D eigenvalue weighted by Crippen LogP contribution is 2.32. The van der Waals surface area contributed by atoms with Gasteiger partial charge in [-0.25, -0.2) is 4.39 Å². The predicted molar refractivity (Wildman–Crippen MR) is 88.4 cm³/mol. The molecule has 2 aromatic carbocycles. The summed E-state index contributed by atoms with van der Waals surface area (Å²) in [6, 6.07) is 11.7. The van der Waals surface area contributed by atoms with Gasteiger partial charge in [-0.15, -0.1) is 0 Å². The van der Waals surface area contributed by atoms with Crippen LogP contribution in [0.5, 0.6) is 11.5 Å². The number of amides is 1. The van der Waals surface area contributed by atoms with Crippen LogP contribution in [-0.4, -0.2) is 12.7 Å². The van der Waals surface area contributed by atoms with Crippen LogP contribution in [0.4, 0.5) is 4.39 Å². The van der Waals surface area contributed by atoms with Crippen LogP contribution in [0.2, 0.25) is 0 Å². The Hall–Kier alpha value is -2.56. The molecule has 5 heteroatoms. The van der Waals surface area contributed by atoms with Gasteiger partial charge in [0.05, 0.1) is 5.92 Å². The van der Waals surface area contributed by atoms with Crippen LogP contribution in [0.1, 0.15) is 30.9 Å². The molecule has 3 rings (SSSR count). The van der Waals surface area contributed by atoms with Crippen LogP contribution < -0.4 is 14.8 Å². The van der Waals surface area contributed by atoms with E-state index in [2.05, 4.69) is 5.32 Å². The number of benzene rings is 2. The lowest BCUT2D eigenvalue weighted by atomic mass is 9.87. The molecule has 1 unspecified atom stereocenters. The molecule has 2 aromatic rings. The fourth-order valence-electron chi connectivity index (χ4n) is 2.86. The molecule has 0 fully saturated rings. The molecule has 24 heavy (non-hydrogen) atoms. The molecule has 0 aliphatic carbocycles. The Labute approximate surface area is 140 Å². The van der Waals surface area contributed by atoms with E-state index in [-0.39, 0.29) is 30.4 Å². The average Bonchev–Trinajstić information content (AvgIpc) is 3.02. The van der Waals surface area contributed by atoms with Gasteiger partial charge in [-0.2, -0.15) is 0 Å². The van der Waals surface area contributed by atoms with Gasteiger partial charge in [-0.3, -0.25) is 4.79 Å². The molecule has 0 saturated heterocycles. The maximum Gasteiger partial charge on any atom is 0.231 e. The minimum atomic E-state index is -0.320. The van der Waals surface area contributed by atoms with E-state index in [1.807, 2.05) is 32.0 Å². The maximum absolute atomic E-state index is 13.1. The van der Waals surface area contributed by atoms with Crippen molar-refractivity contribution < 1.29 is 18.7 Å². The monoisotopic (exact) mass is 329 g/mol. The van der Waals surface area contributed by atoms with Crippen molar-refractivity contribution in [3.63, 3.8) is 0 Å². The van der Waals surface area contributed by atoms with Crippen LogP contribution in [0.3, 0.4) is 0 Å². The molecule has 1 atom stereocenters. The van der Waals surface area contributed by atoms with Crippen LogP contribution in [0.25, 0.3) is 0 Å². The third-order valence-electron chi connectivity index (χ3n) is 4.08. The first-order valence-corrected chi connectivity index (χ1v) is 7.96. The number of carbonyl (C=O) groups is 1. The first kappa shape index (κ1) is 16.3. The Balaban J connectivity index is 1.68. The van der Waals surface area contributed by atoms with Gasteiger partial charge in [-0.1, -0.05) is 32.0 Å². The molecule has 0 radical (unpaired) electrons. The smallest absolute Gasteiger partial charge is 0.231 e. The van der Waals surface area contributed by atoms with Crippen molar-refractivity contribution in [1.82, 2.24) is 5.32 Å². The van der Waals surface area contributed by atoms with Crippen LogP contribution in [-0.2, 0) is 11.3 Å². The summed E-state index contributed by atoms with van der Waals surface area (Å²) in [5.74, 6) is 0.820. The zero-order valence-electron chi connectivity index (χ0n) is 13.7. The fourth-order valence-corrected chi connectivity index (χ4v) is 2.86. The summed E-state index contributed by atoms with van der Waals surface area (Å²) in [7, 11) is 0. The third-order valence-corrected chi connectivity index (χ3v) is 4.08. The minimum Gasteiger partial charge on any atom is -0.454 e. The van der Waals surface area contributed by atoms with Crippen molar-refractivity contribution >= 4 is 5.91 Å². The highest BCUT2D eigenvalue weighted by Gasteiger charge is 2.24. The fraction of sp³-hybridized carbons (Fsp3) is 0.316. The molecule has 1 N–H and O–H groups in total. The second-order valence-electron chi connectivity index (χ2n) is 6.18. The highest BCUT2D eigenvalue weighted by atomic mass is 19.1. The first-order chi connectivity index (χ1) is 11.5. The van der Waals surface area contributed by atoms with Gasteiger partial charge in [-0.05, 0) is 41.3 Å². The van der Waals surface area contributed by atoms with Crippen molar-refractivity contribution in [2.45, 2.75) is 26.3 Å². The minimum absolute atomic E-state index is 0.0747. The standard InChI is InChI=1S/C19H20FNO3/c1-12(2)18(14-4-6-15(20)7-5-14)19(22)21-10-13-3-8-16-17(9-13)24-11-23-16/h3-9,12,18H,10-11H2,1-2H3,(H,21,22). The van der Waals surface area contributed by atoms with Gasteiger partial charge in [0.1, 0.15) is 5.82 Å². The van der Waals surface area contributed by atoms with Gasteiger partial charge in [0, 0.05) is 6.54 Å². The molecular formula is C19H20FNO3. The number of halogens is 1. The predicted octanol–water partition coefficient (Wildman–Crippen LogP) is 3.61. The van der Waals surface area contributed by atoms with E-state index in [9.17, 15) is 9.18 Å². The number of carbonyl (C=O) groups excluding carboxylic acids is 1. The van der Waals surface area contributed by atoms with Crippen molar-refractivity contribution in [3.05, 3.63) is 59.4 Å². The van der Waals surface area contributed by atoms with Crippen LogP contribution in [0.15, 0.2) is 42.5 Å². The zero-order chi connectivity index (χ0) is 17.1. The average molecular weight is 329 g/mol. The number of hydrogen-bond donors (Lipinski definition) is 1. The summed E-state index contributed by atoms with van der Waals surface area (Å²) in [4.78, 5) is 12.6. The van der Waals surface area contributed by atoms with E-state index in [0.29, 0.717) is 12.3 Å². The second kappa shape index (κ2) is 6.91. The Morgan fingerprint density at radius 1 is 1.12 bits per heavy atom. The SMILES string of the molecule is CC(C)C(C(=O)NCc1ccc2c(c1)OCO2)c1ccc(F)cc1. The van der Waals surface area contributed by atoms with Crippen molar-refractivity contribution in [2.75, 3.05) is 6.79 Å². The van der Waals surface area contributed by atoms with Gasteiger partial charge >= 0.3 is 0 Å². The Morgan fingerprint density at radius 2 is 1.83 bits per heavy atom. The second-order valence-corrected chi connectivity index (χ2v) is 6.18. The van der Waals surface area contributed by atoms with E-state index < -0.39 is 0 Å². The van der Waals surface area contributed by atoms with E-state index >= 15 is 0 Å². The van der Waals surface area contributed by atoms with E-state index in [0.717, 1.165) is 16.9 Å². The largest absolute Gasteiger partial charge is 0.454 e. The van der Waals surface area contributed by atoms with E-state index in [1.165, 1.54) is 12.1 Å². The normalized spacial score (nSPS) is 13.8. The van der Waals surface area contributed by atoms with Crippen LogP contribution in [0, 0.1) is 11.7 Å². The quantitative estimate of drug-likeness (QED) is 0.911. The Morgan fingerprint density at radius 3 is 2.54 bits per heavy atom. The van der Waals surface area contributed by atoms with Crippen molar-refractivity contribution in [3.8, 4) is 11.5 Å². The lowest BCUT2D eigenvalue weighted by molar-refractivity contribution is -0.123. The molecule has 1 amide bonds. The number of ether oxygens (including phenoxy) is 2.